The van der Waals surface area contributed by atoms with Crippen LogP contribution in [-0.2, 0) is 0 Å². The lowest BCUT2D eigenvalue weighted by atomic mass is 10.0. The molecule has 2 aromatic heterocycles. The van der Waals surface area contributed by atoms with Gasteiger partial charge in [0.15, 0.2) is 5.76 Å². The van der Waals surface area contributed by atoms with E-state index < -0.39 is 0 Å². The Morgan fingerprint density at radius 2 is 2.04 bits per heavy atom. The summed E-state index contributed by atoms with van der Waals surface area (Å²) in [5.41, 5.74) is 2.17. The third-order valence-corrected chi connectivity index (χ3v) is 4.48. The van der Waals surface area contributed by atoms with Gasteiger partial charge in [-0.2, -0.15) is 0 Å². The zero-order valence-corrected chi connectivity index (χ0v) is 16.0. The molecule has 26 heavy (non-hydrogen) atoms. The van der Waals surface area contributed by atoms with Gasteiger partial charge in [-0.25, -0.2) is 4.98 Å². The fourth-order valence-electron chi connectivity index (χ4n) is 3.20. The summed E-state index contributed by atoms with van der Waals surface area (Å²) < 4.78 is 5.47. The van der Waals surface area contributed by atoms with Crippen molar-refractivity contribution in [2.45, 2.75) is 13.0 Å². The first-order valence-corrected chi connectivity index (χ1v) is 8.19. The number of carbonyl (C=O) groups excluding carboxylic acids is 1. The third kappa shape index (κ3) is 3.70. The monoisotopic (exact) mass is 393 g/mol. The Labute approximate surface area is 164 Å². The Morgan fingerprint density at radius 3 is 2.77 bits per heavy atom. The summed E-state index contributed by atoms with van der Waals surface area (Å²) in [6.07, 6.45) is 1.62. The average molecular weight is 394 g/mol. The van der Waals surface area contributed by atoms with Gasteiger partial charge in [0.2, 0.25) is 0 Å². The van der Waals surface area contributed by atoms with Gasteiger partial charge in [-0.15, -0.1) is 24.8 Å². The second-order valence-electron chi connectivity index (χ2n) is 6.10. The number of furan rings is 1. The summed E-state index contributed by atoms with van der Waals surface area (Å²) in [4.78, 5) is 19.8. The Morgan fingerprint density at radius 1 is 1.23 bits per heavy atom. The van der Waals surface area contributed by atoms with E-state index in [0.29, 0.717) is 23.6 Å². The van der Waals surface area contributed by atoms with E-state index in [9.17, 15) is 4.79 Å². The molecule has 1 aromatic carbocycles. The minimum Gasteiger partial charge on any atom is -0.463 e. The minimum absolute atomic E-state index is 0. The highest BCUT2D eigenvalue weighted by molar-refractivity contribution is 6.07. The molecular weight excluding hydrogens is 373 g/mol. The SMILES string of the molecule is C[C@@H]1CNCCN1C(=O)c1cc(-c2ccco2)nc2ccccc12.Cl.Cl. The minimum atomic E-state index is 0. The number of fused-ring (bicyclic) bond motifs is 1. The van der Waals surface area contributed by atoms with Gasteiger partial charge < -0.3 is 14.6 Å². The van der Waals surface area contributed by atoms with Crippen molar-refractivity contribution < 1.29 is 9.21 Å². The number of halogens is 2. The largest absolute Gasteiger partial charge is 0.463 e. The number of hydrogen-bond donors (Lipinski definition) is 1. The molecule has 138 valence electrons. The molecule has 0 bridgehead atoms. The standard InChI is InChI=1S/C19H19N3O2.2ClH/c1-13-12-20-8-9-22(13)19(23)15-11-17(18-7-4-10-24-18)21-16-6-3-2-5-14(15)16;;/h2-7,10-11,13,20H,8-9,12H2,1H3;2*1H/t13-;;/m1../s1. The van der Waals surface area contributed by atoms with Crippen molar-refractivity contribution in [2.75, 3.05) is 19.6 Å². The van der Waals surface area contributed by atoms with Gasteiger partial charge in [-0.3, -0.25) is 4.79 Å². The molecule has 3 aromatic rings. The number of para-hydroxylation sites is 1. The molecule has 1 aliphatic heterocycles. The molecule has 1 aliphatic rings. The van der Waals surface area contributed by atoms with E-state index in [-0.39, 0.29) is 36.8 Å². The highest BCUT2D eigenvalue weighted by atomic mass is 35.5. The van der Waals surface area contributed by atoms with Gasteiger partial charge in [-0.05, 0) is 31.2 Å². The Kier molecular flexibility index (Phi) is 6.64. The molecule has 0 saturated carbocycles. The molecule has 0 unspecified atom stereocenters. The molecule has 1 amide bonds. The molecular formula is C19H21Cl2N3O2. The lowest BCUT2D eigenvalue weighted by Crippen LogP contribution is -2.52. The van der Waals surface area contributed by atoms with Crippen molar-refractivity contribution in [2.24, 2.45) is 0 Å². The summed E-state index contributed by atoms with van der Waals surface area (Å²) in [7, 11) is 0. The molecule has 0 radical (unpaired) electrons. The fourth-order valence-corrected chi connectivity index (χ4v) is 3.20. The quantitative estimate of drug-likeness (QED) is 0.719. The Balaban J connectivity index is 0.00000121. The molecule has 1 saturated heterocycles. The van der Waals surface area contributed by atoms with E-state index in [1.54, 1.807) is 6.26 Å². The maximum atomic E-state index is 13.2. The number of piperazine rings is 1. The highest BCUT2D eigenvalue weighted by Crippen LogP contribution is 2.26. The summed E-state index contributed by atoms with van der Waals surface area (Å²) in [6.45, 7) is 4.43. The molecule has 5 nitrogen and oxygen atoms in total. The Bertz CT molecular complexity index is 884. The maximum Gasteiger partial charge on any atom is 0.254 e. The molecule has 1 fully saturated rings. The first-order chi connectivity index (χ1) is 11.7. The van der Waals surface area contributed by atoms with Crippen LogP contribution >= 0.6 is 24.8 Å². The predicted octanol–water partition coefficient (Wildman–Crippen LogP) is 3.77. The number of carbonyl (C=O) groups is 1. The normalized spacial score (nSPS) is 16.7. The molecule has 1 atom stereocenters. The average Bonchev–Trinajstić information content (AvgIpc) is 3.15. The van der Waals surface area contributed by atoms with Crippen LogP contribution in [0.2, 0.25) is 0 Å². The molecule has 7 heteroatoms. The molecule has 4 rings (SSSR count). The van der Waals surface area contributed by atoms with Crippen molar-refractivity contribution in [3.63, 3.8) is 0 Å². The highest BCUT2D eigenvalue weighted by Gasteiger charge is 2.26. The van der Waals surface area contributed by atoms with Crippen molar-refractivity contribution in [3.8, 4) is 11.5 Å². The number of amides is 1. The lowest BCUT2D eigenvalue weighted by Gasteiger charge is -2.34. The number of hydrogen-bond acceptors (Lipinski definition) is 4. The van der Waals surface area contributed by atoms with E-state index in [4.69, 9.17) is 4.42 Å². The first kappa shape index (κ1) is 20.2. The third-order valence-electron chi connectivity index (χ3n) is 4.48. The van der Waals surface area contributed by atoms with Crippen molar-refractivity contribution in [3.05, 3.63) is 54.3 Å². The van der Waals surface area contributed by atoms with Gasteiger partial charge in [0.05, 0.1) is 17.3 Å². The van der Waals surface area contributed by atoms with E-state index in [0.717, 1.165) is 24.0 Å². The van der Waals surface area contributed by atoms with Crippen LogP contribution in [0.4, 0.5) is 0 Å². The molecule has 1 N–H and O–H groups in total. The number of benzene rings is 1. The van der Waals surface area contributed by atoms with Crippen LogP contribution < -0.4 is 5.32 Å². The number of rotatable bonds is 2. The van der Waals surface area contributed by atoms with Crippen LogP contribution in [0.1, 0.15) is 17.3 Å². The van der Waals surface area contributed by atoms with E-state index >= 15 is 0 Å². The second kappa shape index (κ2) is 8.54. The van der Waals surface area contributed by atoms with E-state index in [2.05, 4.69) is 17.2 Å². The summed E-state index contributed by atoms with van der Waals surface area (Å²) in [5, 5.41) is 4.20. The maximum absolute atomic E-state index is 13.2. The van der Waals surface area contributed by atoms with Gasteiger partial charge in [-0.1, -0.05) is 18.2 Å². The van der Waals surface area contributed by atoms with E-state index in [1.807, 2.05) is 47.4 Å². The molecule has 3 heterocycles. The van der Waals surface area contributed by atoms with Crippen LogP contribution in [0, 0.1) is 0 Å². The smallest absolute Gasteiger partial charge is 0.254 e. The van der Waals surface area contributed by atoms with Crippen molar-refractivity contribution >= 4 is 41.6 Å². The summed E-state index contributed by atoms with van der Waals surface area (Å²) >= 11 is 0. The summed E-state index contributed by atoms with van der Waals surface area (Å²) in [6, 6.07) is 13.5. The second-order valence-corrected chi connectivity index (χ2v) is 6.10. The number of nitrogens with zero attached hydrogens (tertiary/aromatic N) is 2. The van der Waals surface area contributed by atoms with Crippen LogP contribution in [0.25, 0.3) is 22.4 Å². The van der Waals surface area contributed by atoms with Crippen LogP contribution in [0.3, 0.4) is 0 Å². The number of nitrogens with one attached hydrogen (secondary N) is 1. The van der Waals surface area contributed by atoms with Gasteiger partial charge in [0.1, 0.15) is 5.69 Å². The number of aromatic nitrogens is 1. The van der Waals surface area contributed by atoms with E-state index in [1.165, 1.54) is 0 Å². The van der Waals surface area contributed by atoms with Crippen LogP contribution in [-0.4, -0.2) is 41.5 Å². The summed E-state index contributed by atoms with van der Waals surface area (Å²) in [5.74, 6) is 0.721. The zero-order chi connectivity index (χ0) is 16.5. The Hall–Kier alpha value is -2.08. The topological polar surface area (TPSA) is 58.4 Å². The van der Waals surface area contributed by atoms with Crippen molar-refractivity contribution in [1.82, 2.24) is 15.2 Å². The fraction of sp³-hybridized carbons (Fsp3) is 0.263. The van der Waals surface area contributed by atoms with Gasteiger partial charge in [0.25, 0.3) is 5.91 Å². The lowest BCUT2D eigenvalue weighted by molar-refractivity contribution is 0.0658. The van der Waals surface area contributed by atoms with Gasteiger partial charge in [0, 0.05) is 31.1 Å². The first-order valence-electron chi connectivity index (χ1n) is 8.19. The van der Waals surface area contributed by atoms with Crippen molar-refractivity contribution in [1.29, 1.82) is 0 Å². The predicted molar refractivity (Wildman–Crippen MR) is 107 cm³/mol. The molecule has 0 aliphatic carbocycles. The van der Waals surface area contributed by atoms with Crippen LogP contribution in [0.15, 0.2) is 53.1 Å². The van der Waals surface area contributed by atoms with Gasteiger partial charge >= 0.3 is 0 Å². The molecule has 0 spiro atoms. The zero-order valence-electron chi connectivity index (χ0n) is 14.3. The van der Waals surface area contributed by atoms with Crippen LogP contribution in [0.5, 0.6) is 0 Å². The number of pyridine rings is 1.